The molecule has 71 heavy (non-hydrogen) atoms. The molecule has 4 aromatic heterocycles. The van der Waals surface area contributed by atoms with E-state index in [4.69, 9.17) is 30.2 Å². The molecule has 0 spiro atoms. The quantitative estimate of drug-likeness (QED) is 0.0750. The maximum atomic E-state index is 15.0. The number of carboxylic acid groups (broad SMARTS) is 2. The van der Waals surface area contributed by atoms with Gasteiger partial charge in [-0.05, 0) is 63.7 Å². The van der Waals surface area contributed by atoms with Crippen LogP contribution in [0.15, 0.2) is 44.4 Å². The Balaban J connectivity index is 0.000000395. The minimum atomic E-state index is -3.67. The van der Waals surface area contributed by atoms with Crippen LogP contribution in [0.3, 0.4) is 0 Å². The molecule has 0 radical (unpaired) electrons. The van der Waals surface area contributed by atoms with Gasteiger partial charge in [0.15, 0.2) is 23.3 Å². The number of aromatic carboxylic acids is 2. The van der Waals surface area contributed by atoms with Crippen molar-refractivity contribution < 1.29 is 80.6 Å². The summed E-state index contributed by atoms with van der Waals surface area (Å²) in [5.41, 5.74) is 11.3. The van der Waals surface area contributed by atoms with Crippen molar-refractivity contribution in [1.29, 1.82) is 0 Å². The fourth-order valence-corrected chi connectivity index (χ4v) is 7.69. The SMILES string of the molecule is CO/N=C1/CN(c2nc3c(cc2F)c(=O)c(C(=O)O)cn3C2CC2)CC1CCN.CO/N=C1/CN(c2nc3c(cc2F)c(=O)c(C(=O)O)cn3C2CC2)CC1CCN.CS(=O)(=O)O.CS(=O)(=O)O.O.O.O. The van der Waals surface area contributed by atoms with Crippen molar-refractivity contribution >= 4 is 77.3 Å². The number of anilines is 2. The number of oxime groups is 2. The lowest BCUT2D eigenvalue weighted by Crippen LogP contribution is -2.25. The molecule has 2 saturated heterocycles. The molecule has 4 aromatic rings. The molecule has 2 unspecified atom stereocenters. The summed E-state index contributed by atoms with van der Waals surface area (Å²) < 4.78 is 85.0. The van der Waals surface area contributed by atoms with Crippen LogP contribution in [0, 0.1) is 23.5 Å². The zero-order valence-corrected chi connectivity index (χ0v) is 40.4. The third-order valence-corrected chi connectivity index (χ3v) is 10.8. The molecule has 4 fully saturated rings. The first-order valence-electron chi connectivity index (χ1n) is 20.8. The van der Waals surface area contributed by atoms with Crippen LogP contribution in [-0.2, 0) is 29.9 Å². The predicted molar refractivity (Wildman–Crippen MR) is 256 cm³/mol. The Morgan fingerprint density at radius 3 is 1.25 bits per heavy atom. The van der Waals surface area contributed by atoms with E-state index in [1.165, 1.54) is 26.6 Å². The summed E-state index contributed by atoms with van der Waals surface area (Å²) in [6.07, 6.45) is 8.87. The van der Waals surface area contributed by atoms with Gasteiger partial charge in [0.25, 0.3) is 20.2 Å². The van der Waals surface area contributed by atoms with E-state index >= 15 is 0 Å². The molecule has 31 heteroatoms. The van der Waals surface area contributed by atoms with E-state index in [2.05, 4.69) is 20.3 Å². The third-order valence-electron chi connectivity index (χ3n) is 10.8. The molecule has 6 heterocycles. The zero-order chi connectivity index (χ0) is 50.4. The average molecular weight is 1050 g/mol. The number of fused-ring (bicyclic) bond motifs is 2. The van der Waals surface area contributed by atoms with E-state index in [-0.39, 0.29) is 73.9 Å². The number of halogens is 2. The highest BCUT2D eigenvalue weighted by atomic mass is 32.2. The van der Waals surface area contributed by atoms with E-state index in [1.807, 2.05) is 0 Å². The van der Waals surface area contributed by atoms with Gasteiger partial charge in [-0.25, -0.2) is 28.3 Å². The second kappa shape index (κ2) is 25.2. The highest BCUT2D eigenvalue weighted by molar-refractivity contribution is 7.85. The summed E-state index contributed by atoms with van der Waals surface area (Å²) in [4.78, 5) is 70.2. The lowest BCUT2D eigenvalue weighted by Gasteiger charge is -2.19. The van der Waals surface area contributed by atoms with Crippen LogP contribution in [0.4, 0.5) is 20.4 Å². The van der Waals surface area contributed by atoms with E-state index in [0.717, 1.165) is 49.2 Å². The summed E-state index contributed by atoms with van der Waals surface area (Å²) in [6, 6.07) is 2.32. The first-order chi connectivity index (χ1) is 31.9. The van der Waals surface area contributed by atoms with Gasteiger partial charge >= 0.3 is 11.9 Å². The molecule has 0 bridgehead atoms. The number of hydrogen-bond donors (Lipinski definition) is 6. The number of nitrogens with zero attached hydrogens (tertiary/aromatic N) is 8. The van der Waals surface area contributed by atoms with Crippen LogP contribution in [0.1, 0.15) is 71.3 Å². The van der Waals surface area contributed by atoms with E-state index in [0.29, 0.717) is 75.9 Å². The highest BCUT2D eigenvalue weighted by Gasteiger charge is 2.35. The van der Waals surface area contributed by atoms with Gasteiger partial charge in [-0.1, -0.05) is 10.3 Å². The lowest BCUT2D eigenvalue weighted by atomic mass is 10.0. The third kappa shape index (κ3) is 15.8. The summed E-state index contributed by atoms with van der Waals surface area (Å²) >= 11 is 0. The minimum Gasteiger partial charge on any atom is -0.477 e. The largest absolute Gasteiger partial charge is 0.477 e. The van der Waals surface area contributed by atoms with Crippen LogP contribution in [-0.4, -0.2) is 161 Å². The van der Waals surface area contributed by atoms with Gasteiger partial charge in [-0.3, -0.25) is 18.7 Å². The van der Waals surface area contributed by atoms with Gasteiger partial charge in [0.05, 0.1) is 47.8 Å². The monoisotopic (exact) mass is 1050 g/mol. The number of pyridine rings is 4. The van der Waals surface area contributed by atoms with Gasteiger partial charge in [0.2, 0.25) is 10.9 Å². The normalized spacial score (nSPS) is 18.5. The maximum absolute atomic E-state index is 15.0. The number of hydrogen-bond acceptors (Lipinski definition) is 18. The smallest absolute Gasteiger partial charge is 0.341 e. The van der Waals surface area contributed by atoms with Crippen LogP contribution in [0.5, 0.6) is 0 Å². The van der Waals surface area contributed by atoms with Crippen LogP contribution in [0.25, 0.3) is 22.1 Å². The summed E-state index contributed by atoms with van der Waals surface area (Å²) in [7, 11) is -4.42. The molecule has 2 saturated carbocycles. The molecule has 4 aliphatic rings. The number of rotatable bonds is 12. The van der Waals surface area contributed by atoms with Crippen molar-refractivity contribution in [3.63, 3.8) is 0 Å². The van der Waals surface area contributed by atoms with Crippen molar-refractivity contribution in [1.82, 2.24) is 19.1 Å². The highest BCUT2D eigenvalue weighted by Crippen LogP contribution is 2.39. The number of carboxylic acids is 2. The second-order valence-electron chi connectivity index (χ2n) is 16.3. The topological polar surface area (TPSA) is 449 Å². The second-order valence-corrected chi connectivity index (χ2v) is 19.2. The van der Waals surface area contributed by atoms with Gasteiger partial charge < -0.3 is 66.7 Å². The van der Waals surface area contributed by atoms with Gasteiger partial charge in [0.1, 0.15) is 36.6 Å². The van der Waals surface area contributed by atoms with E-state index < -0.39 is 54.7 Å². The van der Waals surface area contributed by atoms with E-state index in [1.54, 1.807) is 18.9 Å². The maximum Gasteiger partial charge on any atom is 0.341 e. The minimum absolute atomic E-state index is 0. The molecule has 14 N–H and O–H groups in total. The molecular formula is C40H58F2N10O17S2. The predicted octanol–water partition coefficient (Wildman–Crippen LogP) is -0.754. The summed E-state index contributed by atoms with van der Waals surface area (Å²) in [5.74, 6) is -3.75. The molecule has 0 amide bonds. The van der Waals surface area contributed by atoms with Gasteiger partial charge in [-0.15, -0.1) is 0 Å². The standard InChI is InChI=1S/2C19H22FN5O4.2CH4O3S.3H2O/c2*1-29-23-15-9-24(7-10(15)4-5-21)18-14(20)6-12-16(26)13(19(27)28)8-25(11-2-3-11)17(12)22-18;2*1-5(2,3)4;;;/h2*6,8,10-11H,2-5,7,9,21H2,1H3,(H,27,28);2*1H3,(H,2,3,4);3*1H2/b2*23-15-;;;;;. The Morgan fingerprint density at radius 2 is 1.00 bits per heavy atom. The molecule has 8 rings (SSSR count). The Bertz CT molecular complexity index is 2770. The number of nitrogens with two attached hydrogens (primary N) is 2. The van der Waals surface area contributed by atoms with Gasteiger partial charge in [0, 0.05) is 49.4 Å². The Labute approximate surface area is 403 Å². The lowest BCUT2D eigenvalue weighted by molar-refractivity contribution is 0.0684. The van der Waals surface area contributed by atoms with E-state index in [9.17, 15) is 55.0 Å². The van der Waals surface area contributed by atoms with Crippen molar-refractivity contribution in [2.75, 3.05) is 75.8 Å². The van der Waals surface area contributed by atoms with Crippen molar-refractivity contribution in [2.45, 2.75) is 50.6 Å². The molecule has 2 aliphatic carbocycles. The summed E-state index contributed by atoms with van der Waals surface area (Å²) in [5, 5.41) is 26.7. The Kier molecular flexibility index (Phi) is 21.6. The molecule has 2 aliphatic heterocycles. The molecule has 2 atom stereocenters. The number of aromatic nitrogens is 4. The molecule has 396 valence electrons. The average Bonchev–Trinajstić information content (AvgIpc) is 4.18. The van der Waals surface area contributed by atoms with Gasteiger partial charge in [-0.2, -0.15) is 16.8 Å². The van der Waals surface area contributed by atoms with Crippen molar-refractivity contribution in [2.24, 2.45) is 33.6 Å². The Morgan fingerprint density at radius 1 is 0.690 bits per heavy atom. The van der Waals surface area contributed by atoms with Crippen LogP contribution in [0.2, 0.25) is 0 Å². The first kappa shape index (κ1) is 60.8. The van der Waals surface area contributed by atoms with Crippen molar-refractivity contribution in [3.05, 3.63) is 67.7 Å². The fraction of sp³-hybridized carbons (Fsp3) is 0.500. The molecule has 27 nitrogen and oxygen atoms in total. The molecular weight excluding hydrogens is 995 g/mol. The Hall–Kier alpha value is -6.32. The van der Waals surface area contributed by atoms with Crippen LogP contribution >= 0.6 is 0 Å². The van der Waals surface area contributed by atoms with Crippen LogP contribution < -0.4 is 32.1 Å². The zero-order valence-electron chi connectivity index (χ0n) is 38.8. The molecule has 0 aromatic carbocycles. The summed E-state index contributed by atoms with van der Waals surface area (Å²) in [6.45, 7) is 2.58. The number of carbonyl (C=O) groups is 2. The first-order valence-corrected chi connectivity index (χ1v) is 24.5. The van der Waals surface area contributed by atoms with Crippen molar-refractivity contribution in [3.8, 4) is 0 Å². The fourth-order valence-electron chi connectivity index (χ4n) is 7.69.